The molecule has 0 saturated carbocycles. The van der Waals surface area contributed by atoms with Crippen molar-refractivity contribution in [2.75, 3.05) is 0 Å². The van der Waals surface area contributed by atoms with Crippen LogP contribution >= 0.6 is 0 Å². The Hall–Kier alpha value is -1.16. The Morgan fingerprint density at radius 3 is 2.75 bits per heavy atom. The van der Waals surface area contributed by atoms with Gasteiger partial charge in [0.15, 0.2) is 5.78 Å². The van der Waals surface area contributed by atoms with Gasteiger partial charge in [0.25, 0.3) is 0 Å². The lowest BCUT2D eigenvalue weighted by Crippen LogP contribution is -2.67. The van der Waals surface area contributed by atoms with Gasteiger partial charge in [0.2, 0.25) is 5.91 Å². The maximum Gasteiger partial charge on any atom is 0.223 e. The lowest BCUT2D eigenvalue weighted by Gasteiger charge is -2.44. The highest BCUT2D eigenvalue weighted by Crippen LogP contribution is 2.30. The van der Waals surface area contributed by atoms with Crippen LogP contribution in [0.5, 0.6) is 0 Å². The zero-order valence-electron chi connectivity index (χ0n) is 6.41. The van der Waals surface area contributed by atoms with E-state index >= 15 is 0 Å². The molecule has 1 aliphatic heterocycles. The summed E-state index contributed by atoms with van der Waals surface area (Å²) in [7, 11) is 0. The van der Waals surface area contributed by atoms with Gasteiger partial charge in [0, 0.05) is 6.42 Å². The minimum absolute atomic E-state index is 0.0759. The molecule has 1 aliphatic carbocycles. The van der Waals surface area contributed by atoms with Gasteiger partial charge in [-0.25, -0.2) is 0 Å². The van der Waals surface area contributed by atoms with Crippen LogP contribution in [0.25, 0.3) is 0 Å². The van der Waals surface area contributed by atoms with Crippen molar-refractivity contribution in [1.82, 2.24) is 5.32 Å². The average molecular weight is 167 g/mol. The first-order valence-electron chi connectivity index (χ1n) is 3.83. The van der Waals surface area contributed by atoms with Crippen LogP contribution in [0.3, 0.4) is 0 Å². The van der Waals surface area contributed by atoms with Crippen LogP contribution in [-0.2, 0) is 9.59 Å². The fourth-order valence-corrected chi connectivity index (χ4v) is 1.60. The molecule has 1 amide bonds. The van der Waals surface area contributed by atoms with Gasteiger partial charge in [-0.1, -0.05) is 6.08 Å². The normalized spacial score (nSPS) is 39.6. The first-order valence-corrected chi connectivity index (χ1v) is 3.83. The van der Waals surface area contributed by atoms with Crippen molar-refractivity contribution in [3.8, 4) is 0 Å². The molecule has 0 radical (unpaired) electrons. The van der Waals surface area contributed by atoms with Crippen LogP contribution in [-0.4, -0.2) is 28.4 Å². The fraction of sp³-hybridized carbons (Fsp3) is 0.500. The van der Waals surface area contributed by atoms with Crippen molar-refractivity contribution in [1.29, 1.82) is 0 Å². The minimum Gasteiger partial charge on any atom is -0.390 e. The van der Waals surface area contributed by atoms with Gasteiger partial charge >= 0.3 is 0 Å². The summed E-state index contributed by atoms with van der Waals surface area (Å²) >= 11 is 0. The number of hydrogen-bond donors (Lipinski definition) is 2. The van der Waals surface area contributed by atoms with Crippen molar-refractivity contribution in [2.45, 2.75) is 24.5 Å². The third-order valence-corrected chi connectivity index (χ3v) is 2.38. The quantitative estimate of drug-likeness (QED) is 0.461. The lowest BCUT2D eigenvalue weighted by molar-refractivity contribution is -0.138. The molecular weight excluding hydrogens is 158 g/mol. The molecule has 0 aromatic rings. The first-order chi connectivity index (χ1) is 5.62. The summed E-state index contributed by atoms with van der Waals surface area (Å²) in [5.41, 5.74) is -0.634. The number of rotatable bonds is 0. The van der Waals surface area contributed by atoms with E-state index < -0.39 is 11.6 Å². The second-order valence-electron chi connectivity index (χ2n) is 3.28. The van der Waals surface area contributed by atoms with Crippen LogP contribution < -0.4 is 5.32 Å². The molecule has 2 N–H and O–H groups in total. The second kappa shape index (κ2) is 2.17. The van der Waals surface area contributed by atoms with Gasteiger partial charge in [0.1, 0.15) is 0 Å². The molecule has 4 nitrogen and oxygen atoms in total. The van der Waals surface area contributed by atoms with Gasteiger partial charge < -0.3 is 10.4 Å². The average Bonchev–Trinajstić information content (AvgIpc) is 1.93. The van der Waals surface area contributed by atoms with Crippen molar-refractivity contribution >= 4 is 11.7 Å². The van der Waals surface area contributed by atoms with Crippen molar-refractivity contribution in [3.05, 3.63) is 12.2 Å². The number of amides is 1. The molecule has 1 heterocycles. The second-order valence-corrected chi connectivity index (χ2v) is 3.28. The third kappa shape index (κ3) is 0.881. The van der Waals surface area contributed by atoms with E-state index in [-0.39, 0.29) is 24.5 Å². The van der Waals surface area contributed by atoms with Gasteiger partial charge in [0.05, 0.1) is 18.1 Å². The molecule has 4 heteroatoms. The molecule has 2 rings (SSSR count). The Labute approximate surface area is 69.3 Å². The number of carbonyl (C=O) groups is 2. The highest BCUT2D eigenvalue weighted by atomic mass is 16.3. The van der Waals surface area contributed by atoms with E-state index in [1.807, 2.05) is 0 Å². The number of nitrogens with one attached hydrogen (secondary N) is 1. The van der Waals surface area contributed by atoms with E-state index in [9.17, 15) is 14.7 Å². The summed E-state index contributed by atoms with van der Waals surface area (Å²) in [5, 5.41) is 12.1. The van der Waals surface area contributed by atoms with E-state index in [0.29, 0.717) is 0 Å². The summed E-state index contributed by atoms with van der Waals surface area (Å²) < 4.78 is 0. The summed E-state index contributed by atoms with van der Waals surface area (Å²) in [6.45, 7) is 0. The molecule has 1 unspecified atom stereocenters. The maximum absolute atomic E-state index is 10.8. The topological polar surface area (TPSA) is 66.4 Å². The lowest BCUT2D eigenvalue weighted by atomic mass is 9.76. The number of allylic oxidation sites excluding steroid dienone is 1. The van der Waals surface area contributed by atoms with Crippen LogP contribution in [0.4, 0.5) is 0 Å². The summed E-state index contributed by atoms with van der Waals surface area (Å²) in [4.78, 5) is 21.5. The zero-order valence-corrected chi connectivity index (χ0v) is 6.41. The van der Waals surface area contributed by atoms with E-state index in [1.54, 1.807) is 6.08 Å². The number of ketones is 1. The molecule has 0 bridgehead atoms. The number of aliphatic hydroxyl groups is 1. The van der Waals surface area contributed by atoms with Crippen LogP contribution in [0, 0.1) is 0 Å². The van der Waals surface area contributed by atoms with Crippen LogP contribution in [0.15, 0.2) is 12.2 Å². The van der Waals surface area contributed by atoms with Crippen molar-refractivity contribution in [2.24, 2.45) is 0 Å². The Kier molecular flexibility index (Phi) is 1.35. The predicted octanol–water partition coefficient (Wildman–Crippen LogP) is -0.865. The smallest absolute Gasteiger partial charge is 0.223 e. The van der Waals surface area contributed by atoms with Crippen molar-refractivity contribution < 1.29 is 14.7 Å². The Morgan fingerprint density at radius 1 is 1.58 bits per heavy atom. The standard InChI is InChI=1S/C8H9NO3/c10-5-1-2-8(6(11)3-5)4-7(12)9-8/h1-2,6,11H,3-4H2,(H,9,12)/t6-,8?/m1/s1. The van der Waals surface area contributed by atoms with Gasteiger partial charge in [-0.05, 0) is 6.08 Å². The van der Waals surface area contributed by atoms with Crippen molar-refractivity contribution in [3.63, 3.8) is 0 Å². The summed E-state index contributed by atoms with van der Waals surface area (Å²) in [6.07, 6.45) is 2.65. The van der Waals surface area contributed by atoms with E-state index in [4.69, 9.17) is 0 Å². The molecular formula is C8H9NO3. The Balaban J connectivity index is 2.22. The summed E-state index contributed by atoms with van der Waals surface area (Å²) in [5.74, 6) is -0.165. The molecule has 1 saturated heterocycles. The maximum atomic E-state index is 10.8. The Morgan fingerprint density at radius 2 is 2.25 bits per heavy atom. The SMILES string of the molecule is O=C1C=CC2(CC(=O)N2)[C@H](O)C1. The van der Waals surface area contributed by atoms with Gasteiger partial charge in [-0.3, -0.25) is 9.59 Å². The number of carbonyl (C=O) groups excluding carboxylic acids is 2. The highest BCUT2D eigenvalue weighted by molar-refractivity contribution is 5.94. The first kappa shape index (κ1) is 7.49. The Bertz CT molecular complexity index is 274. The van der Waals surface area contributed by atoms with Crippen LogP contribution in [0.2, 0.25) is 0 Å². The molecule has 64 valence electrons. The minimum atomic E-state index is -0.757. The number of aliphatic hydroxyl groups excluding tert-OH is 1. The number of β-lactam (4-membered cyclic amide) rings is 1. The predicted molar refractivity (Wildman–Crippen MR) is 40.3 cm³/mol. The molecule has 0 aromatic heterocycles. The molecule has 1 fully saturated rings. The van der Waals surface area contributed by atoms with Gasteiger partial charge in [-0.2, -0.15) is 0 Å². The number of hydrogen-bond acceptors (Lipinski definition) is 3. The fourth-order valence-electron chi connectivity index (χ4n) is 1.60. The summed E-state index contributed by atoms with van der Waals surface area (Å²) in [6, 6.07) is 0. The largest absolute Gasteiger partial charge is 0.390 e. The van der Waals surface area contributed by atoms with Crippen LogP contribution in [0.1, 0.15) is 12.8 Å². The molecule has 0 aromatic carbocycles. The molecule has 12 heavy (non-hydrogen) atoms. The van der Waals surface area contributed by atoms with E-state index in [1.165, 1.54) is 6.08 Å². The van der Waals surface area contributed by atoms with E-state index in [2.05, 4.69) is 5.32 Å². The molecule has 2 atom stereocenters. The monoisotopic (exact) mass is 167 g/mol. The molecule has 2 aliphatic rings. The molecule has 1 spiro atoms. The zero-order chi connectivity index (χ0) is 8.77. The van der Waals surface area contributed by atoms with E-state index in [0.717, 1.165) is 0 Å². The highest BCUT2D eigenvalue weighted by Gasteiger charge is 2.48. The third-order valence-electron chi connectivity index (χ3n) is 2.38. The van der Waals surface area contributed by atoms with Gasteiger partial charge in [-0.15, -0.1) is 0 Å².